The lowest BCUT2D eigenvalue weighted by Crippen LogP contribution is -2.46. The lowest BCUT2D eigenvalue weighted by molar-refractivity contribution is -0.132. The summed E-state index contributed by atoms with van der Waals surface area (Å²) in [6, 6.07) is 4.30. The molecule has 108 valence electrons. The van der Waals surface area contributed by atoms with Gasteiger partial charge in [0.2, 0.25) is 5.91 Å². The summed E-state index contributed by atoms with van der Waals surface area (Å²) in [4.78, 5) is 13.3. The van der Waals surface area contributed by atoms with E-state index in [-0.39, 0.29) is 5.91 Å². The maximum absolute atomic E-state index is 11.5. The number of benzene rings is 1. The Balaban J connectivity index is 1.66. The number of hydrogen-bond donors (Lipinski definition) is 1. The molecule has 0 spiro atoms. The van der Waals surface area contributed by atoms with E-state index >= 15 is 0 Å². The first kappa shape index (κ1) is 13.7. The molecule has 0 radical (unpaired) electrons. The molecule has 0 aromatic heterocycles. The number of piperidine rings is 1. The van der Waals surface area contributed by atoms with E-state index in [1.807, 2.05) is 19.2 Å². The van der Waals surface area contributed by atoms with Crippen LogP contribution in [-0.4, -0.2) is 37.0 Å². The van der Waals surface area contributed by atoms with E-state index in [2.05, 4.69) is 5.32 Å². The molecule has 1 amide bonds. The topological polar surface area (TPSA) is 41.6 Å². The Hall–Kier alpha value is -1.26. The van der Waals surface area contributed by atoms with Gasteiger partial charge in [0, 0.05) is 49.6 Å². The molecule has 1 aromatic carbocycles. The van der Waals surface area contributed by atoms with Crippen molar-refractivity contribution < 1.29 is 9.53 Å². The van der Waals surface area contributed by atoms with Gasteiger partial charge in [-0.1, -0.05) is 11.6 Å². The molecule has 1 atom stereocenters. The fourth-order valence-corrected chi connectivity index (χ4v) is 3.17. The zero-order valence-corrected chi connectivity index (χ0v) is 12.4. The summed E-state index contributed by atoms with van der Waals surface area (Å²) in [6.07, 6.45) is 2.45. The first-order valence-corrected chi connectivity index (χ1v) is 7.43. The van der Waals surface area contributed by atoms with Crippen LogP contribution in [0.3, 0.4) is 0 Å². The van der Waals surface area contributed by atoms with E-state index in [1.165, 1.54) is 5.56 Å². The number of hydrogen-bond acceptors (Lipinski definition) is 3. The first-order chi connectivity index (χ1) is 9.63. The van der Waals surface area contributed by atoms with Crippen LogP contribution in [0.25, 0.3) is 0 Å². The summed E-state index contributed by atoms with van der Waals surface area (Å²) < 4.78 is 5.70. The second kappa shape index (κ2) is 5.62. The standard InChI is InChI=1S/C15H19ClN2O2/c1-18-9-13(2-3-14(18)19)17-8-11-7-12(16)6-10-4-5-20-15(10)11/h6-7,13,17H,2-5,8-9H2,1H3. The largest absolute Gasteiger partial charge is 0.493 e. The third-order valence-electron chi connectivity index (χ3n) is 4.03. The highest BCUT2D eigenvalue weighted by molar-refractivity contribution is 6.30. The number of carbonyl (C=O) groups excluding carboxylic acids is 1. The zero-order chi connectivity index (χ0) is 14.1. The van der Waals surface area contributed by atoms with Crippen LogP contribution in [0.15, 0.2) is 12.1 Å². The molecule has 0 aliphatic carbocycles. The predicted octanol–water partition coefficient (Wildman–Crippen LogP) is 1.99. The smallest absolute Gasteiger partial charge is 0.222 e. The van der Waals surface area contributed by atoms with Crippen molar-refractivity contribution in [3.63, 3.8) is 0 Å². The Morgan fingerprint density at radius 3 is 3.10 bits per heavy atom. The molecule has 1 fully saturated rings. The van der Waals surface area contributed by atoms with Gasteiger partial charge >= 0.3 is 0 Å². The second-order valence-corrected chi connectivity index (χ2v) is 5.98. The van der Waals surface area contributed by atoms with Gasteiger partial charge in [-0.2, -0.15) is 0 Å². The Morgan fingerprint density at radius 1 is 1.45 bits per heavy atom. The average Bonchev–Trinajstić information content (AvgIpc) is 2.88. The van der Waals surface area contributed by atoms with Gasteiger partial charge in [0.15, 0.2) is 0 Å². The van der Waals surface area contributed by atoms with Gasteiger partial charge in [0.05, 0.1) is 6.61 Å². The van der Waals surface area contributed by atoms with Crippen LogP contribution in [0.1, 0.15) is 24.0 Å². The SMILES string of the molecule is CN1CC(NCc2cc(Cl)cc3c2OCC3)CCC1=O. The van der Waals surface area contributed by atoms with Gasteiger partial charge in [-0.25, -0.2) is 0 Å². The second-order valence-electron chi connectivity index (χ2n) is 5.54. The van der Waals surface area contributed by atoms with Crippen molar-refractivity contribution in [2.75, 3.05) is 20.2 Å². The summed E-state index contributed by atoms with van der Waals surface area (Å²) in [7, 11) is 1.86. The van der Waals surface area contributed by atoms with E-state index < -0.39 is 0 Å². The van der Waals surface area contributed by atoms with Gasteiger partial charge < -0.3 is 15.0 Å². The normalized spacial score (nSPS) is 21.8. The van der Waals surface area contributed by atoms with Gasteiger partial charge in [0.1, 0.15) is 5.75 Å². The van der Waals surface area contributed by atoms with E-state index in [1.54, 1.807) is 4.90 Å². The number of fused-ring (bicyclic) bond motifs is 1. The van der Waals surface area contributed by atoms with E-state index in [0.29, 0.717) is 12.5 Å². The van der Waals surface area contributed by atoms with Crippen LogP contribution in [0, 0.1) is 0 Å². The van der Waals surface area contributed by atoms with E-state index in [4.69, 9.17) is 16.3 Å². The van der Waals surface area contributed by atoms with Crippen molar-refractivity contribution in [2.45, 2.75) is 31.8 Å². The molecule has 1 aromatic rings. The molecule has 5 heteroatoms. The molecular formula is C15H19ClN2O2. The van der Waals surface area contributed by atoms with Gasteiger partial charge in [-0.3, -0.25) is 4.79 Å². The van der Waals surface area contributed by atoms with Crippen LogP contribution < -0.4 is 10.1 Å². The van der Waals surface area contributed by atoms with Crippen molar-refractivity contribution in [1.29, 1.82) is 0 Å². The third-order valence-corrected chi connectivity index (χ3v) is 4.25. The number of amides is 1. The maximum Gasteiger partial charge on any atom is 0.222 e. The summed E-state index contributed by atoms with van der Waals surface area (Å²) in [5, 5.41) is 4.28. The van der Waals surface area contributed by atoms with Gasteiger partial charge in [-0.05, 0) is 24.1 Å². The molecular weight excluding hydrogens is 276 g/mol. The fourth-order valence-electron chi connectivity index (χ4n) is 2.91. The quantitative estimate of drug-likeness (QED) is 0.927. The van der Waals surface area contributed by atoms with E-state index in [9.17, 15) is 4.79 Å². The molecule has 4 nitrogen and oxygen atoms in total. The monoisotopic (exact) mass is 294 g/mol. The molecule has 3 rings (SSSR count). The number of halogens is 1. The number of likely N-dealkylation sites (tertiary alicyclic amines) is 1. The summed E-state index contributed by atoms with van der Waals surface area (Å²) >= 11 is 6.16. The molecule has 0 saturated carbocycles. The van der Waals surface area contributed by atoms with Crippen molar-refractivity contribution >= 4 is 17.5 Å². The van der Waals surface area contributed by atoms with Crippen molar-refractivity contribution in [2.24, 2.45) is 0 Å². The maximum atomic E-state index is 11.5. The molecule has 0 bridgehead atoms. The van der Waals surface area contributed by atoms with Crippen molar-refractivity contribution in [3.05, 3.63) is 28.3 Å². The van der Waals surface area contributed by atoms with Crippen LogP contribution >= 0.6 is 11.6 Å². The molecule has 1 N–H and O–H groups in total. The highest BCUT2D eigenvalue weighted by atomic mass is 35.5. The minimum Gasteiger partial charge on any atom is -0.493 e. The van der Waals surface area contributed by atoms with E-state index in [0.717, 1.165) is 48.9 Å². The van der Waals surface area contributed by atoms with Gasteiger partial charge in [0.25, 0.3) is 0 Å². The first-order valence-electron chi connectivity index (χ1n) is 7.05. The highest BCUT2D eigenvalue weighted by Gasteiger charge is 2.23. The minimum atomic E-state index is 0.232. The van der Waals surface area contributed by atoms with Crippen molar-refractivity contribution in [1.82, 2.24) is 10.2 Å². The van der Waals surface area contributed by atoms with Gasteiger partial charge in [-0.15, -0.1) is 0 Å². The molecule has 2 aliphatic heterocycles. The average molecular weight is 295 g/mol. The molecule has 1 unspecified atom stereocenters. The van der Waals surface area contributed by atoms with Crippen LogP contribution in [-0.2, 0) is 17.8 Å². The van der Waals surface area contributed by atoms with Crippen LogP contribution in [0.4, 0.5) is 0 Å². The number of ether oxygens (including phenoxy) is 1. The Bertz CT molecular complexity index is 533. The summed E-state index contributed by atoms with van der Waals surface area (Å²) in [5.41, 5.74) is 2.31. The third kappa shape index (κ3) is 2.76. The predicted molar refractivity (Wildman–Crippen MR) is 78.1 cm³/mol. The summed E-state index contributed by atoms with van der Waals surface area (Å²) in [6.45, 7) is 2.24. The Labute approximate surface area is 124 Å². The number of likely N-dealkylation sites (N-methyl/N-ethyl adjacent to an activating group) is 1. The number of nitrogens with zero attached hydrogens (tertiary/aromatic N) is 1. The lowest BCUT2D eigenvalue weighted by atomic mass is 10.0. The number of rotatable bonds is 3. The Kier molecular flexibility index (Phi) is 3.85. The summed E-state index contributed by atoms with van der Waals surface area (Å²) in [5.74, 6) is 1.22. The molecule has 20 heavy (non-hydrogen) atoms. The molecule has 2 heterocycles. The zero-order valence-electron chi connectivity index (χ0n) is 11.6. The highest BCUT2D eigenvalue weighted by Crippen LogP contribution is 2.32. The minimum absolute atomic E-state index is 0.232. The fraction of sp³-hybridized carbons (Fsp3) is 0.533. The number of carbonyl (C=O) groups is 1. The Morgan fingerprint density at radius 2 is 2.30 bits per heavy atom. The molecule has 2 aliphatic rings. The van der Waals surface area contributed by atoms with Crippen LogP contribution in [0.2, 0.25) is 5.02 Å². The van der Waals surface area contributed by atoms with Crippen molar-refractivity contribution in [3.8, 4) is 5.75 Å². The lowest BCUT2D eigenvalue weighted by Gasteiger charge is -2.30. The van der Waals surface area contributed by atoms with Crippen LogP contribution in [0.5, 0.6) is 5.75 Å². The molecule has 1 saturated heterocycles. The number of nitrogens with one attached hydrogen (secondary N) is 1.